The number of ether oxygens (including phenoxy) is 1. The smallest absolute Gasteiger partial charge is 0.0599 e. The molecule has 19 heavy (non-hydrogen) atoms. The first-order valence-electron chi connectivity index (χ1n) is 7.37. The Morgan fingerprint density at radius 3 is 2.84 bits per heavy atom. The highest BCUT2D eigenvalue weighted by molar-refractivity contribution is 7.10. The Bertz CT molecular complexity index is 359. The Balaban J connectivity index is 1.56. The molecule has 0 saturated carbocycles. The van der Waals surface area contributed by atoms with E-state index >= 15 is 0 Å². The third kappa shape index (κ3) is 4.88. The summed E-state index contributed by atoms with van der Waals surface area (Å²) in [6, 6.07) is 2.19. The molecule has 4 heteroatoms. The number of piperidine rings is 1. The molecule has 1 N–H and O–H groups in total. The molecule has 0 amide bonds. The number of nitrogens with zero attached hydrogens (tertiary/aromatic N) is 1. The van der Waals surface area contributed by atoms with E-state index in [2.05, 4.69) is 35.5 Å². The Morgan fingerprint density at radius 2 is 2.21 bits per heavy atom. The maximum atomic E-state index is 5.68. The topological polar surface area (TPSA) is 24.5 Å². The monoisotopic (exact) mass is 282 g/mol. The summed E-state index contributed by atoms with van der Waals surface area (Å²) in [4.78, 5) is 4.01. The molecule has 2 heterocycles. The van der Waals surface area contributed by atoms with E-state index < -0.39 is 0 Å². The molecule has 1 fully saturated rings. The van der Waals surface area contributed by atoms with Gasteiger partial charge in [-0.25, -0.2) is 0 Å². The molecule has 1 aliphatic rings. The summed E-state index contributed by atoms with van der Waals surface area (Å²) in [5.74, 6) is 0. The molecule has 0 aliphatic carbocycles. The van der Waals surface area contributed by atoms with Gasteiger partial charge in [-0.05, 0) is 43.7 Å². The van der Waals surface area contributed by atoms with Crippen LogP contribution in [0, 0.1) is 6.92 Å². The molecule has 0 aromatic carbocycles. The fraction of sp³-hybridized carbons (Fsp3) is 0.733. The van der Waals surface area contributed by atoms with Crippen LogP contribution in [-0.4, -0.2) is 43.8 Å². The van der Waals surface area contributed by atoms with E-state index in [0.29, 0.717) is 6.10 Å². The molecule has 0 radical (unpaired) electrons. The fourth-order valence-electron chi connectivity index (χ4n) is 2.56. The van der Waals surface area contributed by atoms with E-state index in [4.69, 9.17) is 4.74 Å². The van der Waals surface area contributed by atoms with Gasteiger partial charge >= 0.3 is 0 Å². The van der Waals surface area contributed by atoms with E-state index in [1.165, 1.54) is 36.4 Å². The lowest BCUT2D eigenvalue weighted by atomic mass is 10.1. The van der Waals surface area contributed by atoms with Crippen molar-refractivity contribution in [3.05, 3.63) is 21.9 Å². The van der Waals surface area contributed by atoms with Crippen LogP contribution in [0.15, 0.2) is 11.4 Å². The van der Waals surface area contributed by atoms with Gasteiger partial charge in [0.2, 0.25) is 0 Å². The summed E-state index contributed by atoms with van der Waals surface area (Å²) in [6.07, 6.45) is 2.89. The Morgan fingerprint density at radius 1 is 1.42 bits per heavy atom. The Kier molecular flexibility index (Phi) is 6.31. The lowest BCUT2D eigenvalue weighted by molar-refractivity contribution is 0.0145. The van der Waals surface area contributed by atoms with Gasteiger partial charge in [-0.15, -0.1) is 11.3 Å². The van der Waals surface area contributed by atoms with E-state index in [-0.39, 0.29) is 0 Å². The Labute approximate surface area is 121 Å². The first-order valence-corrected chi connectivity index (χ1v) is 8.25. The second-order valence-electron chi connectivity index (χ2n) is 5.20. The summed E-state index contributed by atoms with van der Waals surface area (Å²) >= 11 is 1.85. The molecule has 1 aliphatic heterocycles. The van der Waals surface area contributed by atoms with Gasteiger partial charge in [0.1, 0.15) is 0 Å². The predicted octanol–water partition coefficient (Wildman–Crippen LogP) is 2.65. The predicted molar refractivity (Wildman–Crippen MR) is 81.9 cm³/mol. The van der Waals surface area contributed by atoms with E-state index in [1.807, 2.05) is 11.3 Å². The van der Waals surface area contributed by atoms with Gasteiger partial charge in [-0.3, -0.25) is 0 Å². The fourth-order valence-corrected chi connectivity index (χ4v) is 3.44. The third-order valence-electron chi connectivity index (χ3n) is 3.80. The molecule has 1 aromatic heterocycles. The van der Waals surface area contributed by atoms with Crippen molar-refractivity contribution in [2.45, 2.75) is 39.3 Å². The summed E-state index contributed by atoms with van der Waals surface area (Å²) in [5, 5.41) is 5.72. The first-order chi connectivity index (χ1) is 9.29. The van der Waals surface area contributed by atoms with Crippen molar-refractivity contribution in [3.8, 4) is 0 Å². The SMILES string of the molecule is CCOC1CCN(CCNCc2sccc2C)CC1. The zero-order chi connectivity index (χ0) is 13.5. The molecule has 108 valence electrons. The minimum absolute atomic E-state index is 0.503. The third-order valence-corrected chi connectivity index (χ3v) is 4.82. The highest BCUT2D eigenvalue weighted by Crippen LogP contribution is 2.15. The number of hydrogen-bond acceptors (Lipinski definition) is 4. The highest BCUT2D eigenvalue weighted by atomic mass is 32.1. The van der Waals surface area contributed by atoms with Gasteiger partial charge in [0.15, 0.2) is 0 Å². The Hall–Kier alpha value is -0.420. The molecule has 1 aromatic rings. The van der Waals surface area contributed by atoms with Crippen molar-refractivity contribution < 1.29 is 4.74 Å². The summed E-state index contributed by atoms with van der Waals surface area (Å²) < 4.78 is 5.68. The number of aryl methyl sites for hydroxylation is 1. The molecular weight excluding hydrogens is 256 g/mol. The minimum atomic E-state index is 0.503. The quantitative estimate of drug-likeness (QED) is 0.778. The molecule has 0 unspecified atom stereocenters. The van der Waals surface area contributed by atoms with Gasteiger partial charge < -0.3 is 15.0 Å². The van der Waals surface area contributed by atoms with Crippen LogP contribution in [-0.2, 0) is 11.3 Å². The van der Waals surface area contributed by atoms with Crippen molar-refractivity contribution >= 4 is 11.3 Å². The standard InChI is InChI=1S/C15H26N2OS/c1-3-18-14-4-8-17(9-5-14)10-7-16-12-15-13(2)6-11-19-15/h6,11,14,16H,3-5,7-10,12H2,1-2H3. The van der Waals surface area contributed by atoms with Crippen LogP contribution in [0.3, 0.4) is 0 Å². The van der Waals surface area contributed by atoms with E-state index in [9.17, 15) is 0 Å². The number of hydrogen-bond donors (Lipinski definition) is 1. The zero-order valence-electron chi connectivity index (χ0n) is 12.2. The van der Waals surface area contributed by atoms with Crippen molar-refractivity contribution in [2.75, 3.05) is 32.8 Å². The van der Waals surface area contributed by atoms with Gasteiger partial charge in [-0.1, -0.05) is 0 Å². The van der Waals surface area contributed by atoms with Crippen LogP contribution in [0.4, 0.5) is 0 Å². The second-order valence-corrected chi connectivity index (χ2v) is 6.20. The van der Waals surface area contributed by atoms with Crippen molar-refractivity contribution in [3.63, 3.8) is 0 Å². The van der Waals surface area contributed by atoms with Crippen LogP contribution in [0.2, 0.25) is 0 Å². The molecular formula is C15H26N2OS. The normalized spacial score (nSPS) is 18.0. The second kappa shape index (κ2) is 8.00. The van der Waals surface area contributed by atoms with Gasteiger partial charge in [-0.2, -0.15) is 0 Å². The van der Waals surface area contributed by atoms with Crippen LogP contribution in [0.5, 0.6) is 0 Å². The maximum absolute atomic E-state index is 5.68. The van der Waals surface area contributed by atoms with Crippen molar-refractivity contribution in [1.82, 2.24) is 10.2 Å². The van der Waals surface area contributed by atoms with Crippen LogP contribution < -0.4 is 5.32 Å². The van der Waals surface area contributed by atoms with E-state index in [0.717, 1.165) is 26.2 Å². The van der Waals surface area contributed by atoms with Crippen molar-refractivity contribution in [2.24, 2.45) is 0 Å². The highest BCUT2D eigenvalue weighted by Gasteiger charge is 2.18. The van der Waals surface area contributed by atoms with Gasteiger partial charge in [0.05, 0.1) is 6.10 Å². The minimum Gasteiger partial charge on any atom is -0.378 e. The van der Waals surface area contributed by atoms with Gasteiger partial charge in [0, 0.05) is 44.2 Å². The number of likely N-dealkylation sites (tertiary alicyclic amines) is 1. The first kappa shape index (κ1) is 15.0. The summed E-state index contributed by atoms with van der Waals surface area (Å²) in [5.41, 5.74) is 1.41. The lowest BCUT2D eigenvalue weighted by Gasteiger charge is -2.31. The molecule has 1 saturated heterocycles. The van der Waals surface area contributed by atoms with Crippen LogP contribution >= 0.6 is 11.3 Å². The maximum Gasteiger partial charge on any atom is 0.0599 e. The van der Waals surface area contributed by atoms with Crippen LogP contribution in [0.25, 0.3) is 0 Å². The summed E-state index contributed by atoms with van der Waals surface area (Å²) in [6.45, 7) is 10.7. The van der Waals surface area contributed by atoms with Gasteiger partial charge in [0.25, 0.3) is 0 Å². The number of nitrogens with one attached hydrogen (secondary N) is 1. The number of rotatable bonds is 7. The molecule has 0 bridgehead atoms. The van der Waals surface area contributed by atoms with Crippen LogP contribution in [0.1, 0.15) is 30.2 Å². The van der Waals surface area contributed by atoms with E-state index in [1.54, 1.807) is 0 Å². The number of thiophene rings is 1. The molecule has 0 spiro atoms. The molecule has 3 nitrogen and oxygen atoms in total. The zero-order valence-corrected chi connectivity index (χ0v) is 13.0. The lowest BCUT2D eigenvalue weighted by Crippen LogP contribution is -2.40. The average Bonchev–Trinajstić information content (AvgIpc) is 2.83. The average molecular weight is 282 g/mol. The molecule has 2 rings (SSSR count). The largest absolute Gasteiger partial charge is 0.378 e. The summed E-state index contributed by atoms with van der Waals surface area (Å²) in [7, 11) is 0. The molecule has 0 atom stereocenters. The van der Waals surface area contributed by atoms with Crippen molar-refractivity contribution in [1.29, 1.82) is 0 Å².